The van der Waals surface area contributed by atoms with Crippen LogP contribution in [0.4, 0.5) is 0 Å². The number of hydrogen-bond donors (Lipinski definition) is 0. The molecular formula is C22H37BrO6. The van der Waals surface area contributed by atoms with Crippen molar-refractivity contribution in [2.24, 2.45) is 5.92 Å². The predicted octanol–water partition coefficient (Wildman–Crippen LogP) is 4.98. The second kappa shape index (κ2) is 16.1. The molecule has 0 aliphatic rings. The van der Waals surface area contributed by atoms with Crippen LogP contribution >= 0.6 is 15.9 Å². The lowest BCUT2D eigenvalue weighted by molar-refractivity contribution is -0.162. The monoisotopic (exact) mass is 476 g/mol. The molecule has 0 spiro atoms. The summed E-state index contributed by atoms with van der Waals surface area (Å²) in [5, 5.41) is 0.896. The van der Waals surface area contributed by atoms with E-state index in [1.165, 1.54) is 13.8 Å². The summed E-state index contributed by atoms with van der Waals surface area (Å²) in [5.41, 5.74) is -1.04. The second-order valence-electron chi connectivity index (χ2n) is 8.13. The van der Waals surface area contributed by atoms with Crippen molar-refractivity contribution in [1.82, 2.24) is 0 Å². The first-order valence-electron chi connectivity index (χ1n) is 9.23. The van der Waals surface area contributed by atoms with E-state index in [0.717, 1.165) is 5.33 Å². The number of Topliss-reactive ketones (excluding diaryl/α,β-unsaturated/α-hetero) is 2. The van der Waals surface area contributed by atoms with E-state index in [4.69, 9.17) is 9.47 Å². The molecule has 29 heavy (non-hydrogen) atoms. The number of carbonyl (C=O) groups is 4. The highest BCUT2D eigenvalue weighted by Crippen LogP contribution is 2.14. The van der Waals surface area contributed by atoms with Crippen LogP contribution in [0, 0.1) is 5.92 Å². The molecule has 0 heterocycles. The van der Waals surface area contributed by atoms with E-state index in [-0.39, 0.29) is 18.0 Å². The van der Waals surface area contributed by atoms with E-state index in [1.807, 2.05) is 0 Å². The van der Waals surface area contributed by atoms with Gasteiger partial charge >= 0.3 is 11.9 Å². The lowest BCUT2D eigenvalue weighted by Crippen LogP contribution is -2.31. The number of hydrogen-bond acceptors (Lipinski definition) is 6. The van der Waals surface area contributed by atoms with Crippen molar-refractivity contribution >= 4 is 39.4 Å². The quantitative estimate of drug-likeness (QED) is 0.222. The summed E-state index contributed by atoms with van der Waals surface area (Å²) in [7, 11) is 0. The summed E-state index contributed by atoms with van der Waals surface area (Å²) in [6, 6.07) is 0. The normalized spacial score (nSPS) is 11.3. The Labute approximate surface area is 184 Å². The third-order valence-corrected chi connectivity index (χ3v) is 2.96. The Bertz CT molecular complexity index is 553. The van der Waals surface area contributed by atoms with Gasteiger partial charge in [-0.2, -0.15) is 0 Å². The molecule has 0 fully saturated rings. The van der Waals surface area contributed by atoms with Gasteiger partial charge in [0, 0.05) is 5.33 Å². The van der Waals surface area contributed by atoms with Gasteiger partial charge in [-0.05, 0) is 61.8 Å². The van der Waals surface area contributed by atoms with E-state index in [2.05, 4.69) is 29.1 Å². The Morgan fingerprint density at radius 2 is 1.31 bits per heavy atom. The molecule has 0 aromatic carbocycles. The molecule has 6 nitrogen and oxygen atoms in total. The van der Waals surface area contributed by atoms with Crippen LogP contribution in [-0.2, 0) is 28.7 Å². The van der Waals surface area contributed by atoms with E-state index >= 15 is 0 Å². The van der Waals surface area contributed by atoms with Gasteiger partial charge in [0.25, 0.3) is 0 Å². The Kier molecular flexibility index (Phi) is 17.7. The van der Waals surface area contributed by atoms with Crippen molar-refractivity contribution in [3.05, 3.63) is 25.3 Å². The summed E-state index contributed by atoms with van der Waals surface area (Å²) < 4.78 is 9.99. The minimum Gasteiger partial charge on any atom is -0.460 e. The Morgan fingerprint density at radius 3 is 1.55 bits per heavy atom. The average Bonchev–Trinajstić information content (AvgIpc) is 2.48. The molecule has 0 aliphatic carbocycles. The maximum absolute atomic E-state index is 11.5. The molecule has 1 unspecified atom stereocenters. The number of esters is 2. The van der Waals surface area contributed by atoms with Crippen LogP contribution in [0.2, 0.25) is 0 Å². The van der Waals surface area contributed by atoms with Gasteiger partial charge in [-0.1, -0.05) is 28.1 Å². The zero-order valence-corrected chi connectivity index (χ0v) is 20.7. The van der Waals surface area contributed by atoms with Crippen LogP contribution in [0.5, 0.6) is 0 Å². The van der Waals surface area contributed by atoms with Crippen molar-refractivity contribution in [1.29, 1.82) is 0 Å². The van der Waals surface area contributed by atoms with Gasteiger partial charge in [0.2, 0.25) is 0 Å². The topological polar surface area (TPSA) is 86.7 Å². The first-order chi connectivity index (χ1) is 13.0. The summed E-state index contributed by atoms with van der Waals surface area (Å²) in [5.74, 6) is -1.97. The van der Waals surface area contributed by atoms with E-state index < -0.39 is 29.1 Å². The molecule has 0 aliphatic heterocycles. The molecule has 0 bridgehead atoms. The molecular weight excluding hydrogens is 440 g/mol. The van der Waals surface area contributed by atoms with E-state index in [1.54, 1.807) is 53.7 Å². The smallest absolute Gasteiger partial charge is 0.317 e. The Balaban J connectivity index is -0.000000401. The largest absolute Gasteiger partial charge is 0.460 e. The molecule has 0 amide bonds. The van der Waals surface area contributed by atoms with Gasteiger partial charge in [-0.25, -0.2) is 0 Å². The summed E-state index contributed by atoms with van der Waals surface area (Å²) >= 11 is 3.13. The van der Waals surface area contributed by atoms with Crippen LogP contribution < -0.4 is 0 Å². The van der Waals surface area contributed by atoms with Gasteiger partial charge < -0.3 is 9.47 Å². The van der Waals surface area contributed by atoms with Crippen LogP contribution in [0.1, 0.15) is 68.2 Å². The van der Waals surface area contributed by atoms with Crippen molar-refractivity contribution in [2.75, 3.05) is 5.33 Å². The summed E-state index contributed by atoms with van der Waals surface area (Å²) in [6.07, 6.45) is 3.55. The highest BCUT2D eigenvalue weighted by molar-refractivity contribution is 9.09. The fourth-order valence-corrected chi connectivity index (χ4v) is 1.55. The minimum absolute atomic E-state index is 0.128. The number of allylic oxidation sites excluding steroid dienone is 2. The standard InChI is InChI=1S/C11H18O3.C8H14O3.C3H5Br/c1-6-7-9(8(2)12)10(13)14-11(3,4)5;1-6(9)5-7(10)11-8(2,3)4;1-2-3-4/h6,9H,1,7H2,2-5H3;5H2,1-4H3;2H,1,3H2. The van der Waals surface area contributed by atoms with Crippen molar-refractivity contribution < 1.29 is 28.7 Å². The molecule has 168 valence electrons. The fourth-order valence-electron chi connectivity index (χ4n) is 1.55. The zero-order chi connectivity index (χ0) is 23.8. The van der Waals surface area contributed by atoms with Crippen molar-refractivity contribution in [2.45, 2.75) is 79.4 Å². The minimum atomic E-state index is -0.702. The van der Waals surface area contributed by atoms with Crippen LogP contribution in [0.3, 0.4) is 0 Å². The third kappa shape index (κ3) is 26.2. The van der Waals surface area contributed by atoms with Crippen LogP contribution in [0.15, 0.2) is 25.3 Å². The van der Waals surface area contributed by atoms with Crippen molar-refractivity contribution in [3.8, 4) is 0 Å². The predicted molar refractivity (Wildman–Crippen MR) is 120 cm³/mol. The maximum Gasteiger partial charge on any atom is 0.317 e. The highest BCUT2D eigenvalue weighted by atomic mass is 79.9. The lowest BCUT2D eigenvalue weighted by Gasteiger charge is -2.22. The second-order valence-corrected chi connectivity index (χ2v) is 8.78. The zero-order valence-electron chi connectivity index (χ0n) is 19.1. The van der Waals surface area contributed by atoms with Gasteiger partial charge in [-0.3, -0.25) is 19.2 Å². The Morgan fingerprint density at radius 1 is 0.897 bits per heavy atom. The van der Waals surface area contributed by atoms with Crippen LogP contribution in [0.25, 0.3) is 0 Å². The number of ether oxygens (including phenoxy) is 2. The fraction of sp³-hybridized carbons (Fsp3) is 0.636. The van der Waals surface area contributed by atoms with Gasteiger partial charge in [0.15, 0.2) is 0 Å². The SMILES string of the molecule is C=CCBr.C=CCC(C(C)=O)C(=O)OC(C)(C)C.CC(=O)CC(=O)OC(C)(C)C. The number of ketones is 2. The molecule has 0 aromatic rings. The van der Waals surface area contributed by atoms with Gasteiger partial charge in [0.05, 0.1) is 0 Å². The maximum atomic E-state index is 11.5. The number of rotatable bonds is 7. The first-order valence-corrected chi connectivity index (χ1v) is 10.3. The molecule has 0 aromatic heterocycles. The van der Waals surface area contributed by atoms with E-state index in [9.17, 15) is 19.2 Å². The number of halogens is 1. The number of alkyl halides is 1. The van der Waals surface area contributed by atoms with Gasteiger partial charge in [-0.15, -0.1) is 13.2 Å². The highest BCUT2D eigenvalue weighted by Gasteiger charge is 2.27. The molecule has 7 heteroatoms. The summed E-state index contributed by atoms with van der Waals surface area (Å²) in [6.45, 7) is 20.3. The molecule has 0 radical (unpaired) electrons. The molecule has 1 atom stereocenters. The molecule has 0 rings (SSSR count). The van der Waals surface area contributed by atoms with E-state index in [0.29, 0.717) is 6.42 Å². The lowest BCUT2D eigenvalue weighted by atomic mass is 10.0. The van der Waals surface area contributed by atoms with Crippen molar-refractivity contribution in [3.63, 3.8) is 0 Å². The molecule has 0 N–H and O–H groups in total. The molecule has 0 saturated heterocycles. The average molecular weight is 477 g/mol. The molecule has 0 saturated carbocycles. The Hall–Kier alpha value is -1.76. The first kappa shape index (κ1) is 31.9. The van der Waals surface area contributed by atoms with Gasteiger partial charge in [0.1, 0.15) is 35.1 Å². The summed E-state index contributed by atoms with van der Waals surface area (Å²) in [4.78, 5) is 43.9. The van der Waals surface area contributed by atoms with Crippen LogP contribution in [-0.4, -0.2) is 40.0 Å². The number of carbonyl (C=O) groups excluding carboxylic acids is 4. The third-order valence-electron chi connectivity index (χ3n) is 2.51.